The normalized spacial score (nSPS) is 10.3. The van der Waals surface area contributed by atoms with Gasteiger partial charge in [-0.1, -0.05) is 11.6 Å². The van der Waals surface area contributed by atoms with E-state index in [0.29, 0.717) is 16.4 Å². The van der Waals surface area contributed by atoms with Gasteiger partial charge in [-0.3, -0.25) is 9.48 Å². The van der Waals surface area contributed by atoms with Gasteiger partial charge in [0.1, 0.15) is 5.15 Å². The summed E-state index contributed by atoms with van der Waals surface area (Å²) in [7, 11) is 1.68. The third kappa shape index (κ3) is 1.35. The molecule has 1 aromatic heterocycles. The quantitative estimate of drug-likeness (QED) is 0.687. The molecule has 0 saturated carbocycles. The van der Waals surface area contributed by atoms with Crippen molar-refractivity contribution in [1.29, 1.82) is 0 Å². The van der Waals surface area contributed by atoms with Crippen molar-refractivity contribution in [3.05, 3.63) is 16.4 Å². The zero-order valence-electron chi connectivity index (χ0n) is 6.97. The van der Waals surface area contributed by atoms with E-state index in [0.717, 1.165) is 0 Å². The Morgan fingerprint density at radius 3 is 2.67 bits per heavy atom. The minimum absolute atomic E-state index is 0.0355. The Labute approximate surface area is 75.3 Å². The molecule has 0 fully saturated rings. The average Bonchev–Trinajstić information content (AvgIpc) is 2.26. The maximum absolute atomic E-state index is 11.2. The number of aryl methyl sites for hydroxylation is 2. The minimum atomic E-state index is -0.175. The van der Waals surface area contributed by atoms with Crippen molar-refractivity contribution in [1.82, 2.24) is 9.78 Å². The van der Waals surface area contributed by atoms with Crippen molar-refractivity contribution >= 4 is 17.4 Å². The Morgan fingerprint density at radius 1 is 1.75 bits per heavy atom. The van der Waals surface area contributed by atoms with E-state index in [4.69, 9.17) is 17.3 Å². The lowest BCUT2D eigenvalue weighted by Crippen LogP contribution is -2.14. The lowest BCUT2D eigenvalue weighted by Gasteiger charge is -1.94. The molecule has 0 spiro atoms. The monoisotopic (exact) mass is 187 g/mol. The SMILES string of the molecule is Cc1nn(C)c(Cl)c1C(=O)CN. The Bertz CT molecular complexity index is 319. The Hall–Kier alpha value is -0.870. The van der Waals surface area contributed by atoms with Crippen molar-refractivity contribution in [3.63, 3.8) is 0 Å². The number of nitrogens with two attached hydrogens (primary N) is 1. The molecule has 1 aromatic rings. The molecule has 0 aliphatic heterocycles. The van der Waals surface area contributed by atoms with Crippen molar-refractivity contribution < 1.29 is 4.79 Å². The second-order valence-electron chi connectivity index (χ2n) is 2.50. The Kier molecular flexibility index (Phi) is 2.49. The van der Waals surface area contributed by atoms with E-state index in [-0.39, 0.29) is 12.3 Å². The summed E-state index contributed by atoms with van der Waals surface area (Å²) < 4.78 is 1.46. The maximum atomic E-state index is 11.2. The first-order valence-electron chi connectivity index (χ1n) is 3.50. The molecule has 1 rings (SSSR count). The summed E-state index contributed by atoms with van der Waals surface area (Å²) in [5.41, 5.74) is 6.26. The van der Waals surface area contributed by atoms with Gasteiger partial charge >= 0.3 is 0 Å². The molecule has 66 valence electrons. The van der Waals surface area contributed by atoms with Gasteiger partial charge in [-0.05, 0) is 6.92 Å². The third-order valence-electron chi connectivity index (χ3n) is 1.62. The van der Waals surface area contributed by atoms with E-state index >= 15 is 0 Å². The van der Waals surface area contributed by atoms with Gasteiger partial charge in [0.25, 0.3) is 0 Å². The number of rotatable bonds is 2. The van der Waals surface area contributed by atoms with Crippen LogP contribution in [0, 0.1) is 6.92 Å². The Balaban J connectivity index is 3.22. The molecule has 0 unspecified atom stereocenters. The highest BCUT2D eigenvalue weighted by molar-refractivity contribution is 6.33. The molecular weight excluding hydrogens is 178 g/mol. The molecule has 0 amide bonds. The van der Waals surface area contributed by atoms with Crippen LogP contribution in [0.5, 0.6) is 0 Å². The van der Waals surface area contributed by atoms with Gasteiger partial charge in [0.15, 0.2) is 5.78 Å². The smallest absolute Gasteiger partial charge is 0.181 e. The minimum Gasteiger partial charge on any atom is -0.324 e. The van der Waals surface area contributed by atoms with Gasteiger partial charge in [0, 0.05) is 7.05 Å². The van der Waals surface area contributed by atoms with Crippen molar-refractivity contribution in [3.8, 4) is 0 Å². The lowest BCUT2D eigenvalue weighted by atomic mass is 10.2. The highest BCUT2D eigenvalue weighted by Crippen LogP contribution is 2.18. The molecule has 0 aromatic carbocycles. The molecule has 0 aliphatic carbocycles. The van der Waals surface area contributed by atoms with Gasteiger partial charge in [0.05, 0.1) is 17.8 Å². The number of ketones is 1. The molecule has 1 heterocycles. The van der Waals surface area contributed by atoms with E-state index in [9.17, 15) is 4.79 Å². The summed E-state index contributed by atoms with van der Waals surface area (Å²) in [4.78, 5) is 11.2. The summed E-state index contributed by atoms with van der Waals surface area (Å²) in [6.45, 7) is 1.70. The van der Waals surface area contributed by atoms with Gasteiger partial charge in [-0.15, -0.1) is 0 Å². The van der Waals surface area contributed by atoms with Crippen LogP contribution in [0.15, 0.2) is 0 Å². The van der Waals surface area contributed by atoms with Crippen molar-refractivity contribution in [2.24, 2.45) is 12.8 Å². The topological polar surface area (TPSA) is 60.9 Å². The second-order valence-corrected chi connectivity index (χ2v) is 2.86. The van der Waals surface area contributed by atoms with E-state index in [1.54, 1.807) is 14.0 Å². The molecule has 0 saturated heterocycles. The van der Waals surface area contributed by atoms with E-state index in [1.165, 1.54) is 4.68 Å². The molecular formula is C7H10ClN3O. The summed E-state index contributed by atoms with van der Waals surface area (Å²) in [5, 5.41) is 4.34. The molecule has 2 N–H and O–H groups in total. The summed E-state index contributed by atoms with van der Waals surface area (Å²) >= 11 is 5.81. The number of carbonyl (C=O) groups is 1. The lowest BCUT2D eigenvalue weighted by molar-refractivity contribution is 0.100. The zero-order chi connectivity index (χ0) is 9.30. The highest BCUT2D eigenvalue weighted by atomic mass is 35.5. The first-order valence-corrected chi connectivity index (χ1v) is 3.88. The van der Waals surface area contributed by atoms with Crippen LogP contribution in [-0.2, 0) is 7.05 Å². The zero-order valence-corrected chi connectivity index (χ0v) is 7.72. The number of Topliss-reactive ketones (excluding diaryl/α,β-unsaturated/α-hetero) is 1. The second kappa shape index (κ2) is 3.25. The number of halogens is 1. The summed E-state index contributed by atoms with van der Waals surface area (Å²) in [6.07, 6.45) is 0. The molecule has 4 nitrogen and oxygen atoms in total. The third-order valence-corrected chi connectivity index (χ3v) is 2.05. The van der Waals surface area contributed by atoms with Gasteiger partial charge in [-0.2, -0.15) is 5.10 Å². The van der Waals surface area contributed by atoms with E-state index in [1.807, 2.05) is 0 Å². The van der Waals surface area contributed by atoms with Gasteiger partial charge in [-0.25, -0.2) is 0 Å². The summed E-state index contributed by atoms with van der Waals surface area (Å²) in [6, 6.07) is 0. The largest absolute Gasteiger partial charge is 0.324 e. The number of aromatic nitrogens is 2. The maximum Gasteiger partial charge on any atom is 0.181 e. The molecule has 0 atom stereocenters. The highest BCUT2D eigenvalue weighted by Gasteiger charge is 2.16. The fourth-order valence-corrected chi connectivity index (χ4v) is 1.33. The number of hydrogen-bond donors (Lipinski definition) is 1. The number of nitrogens with zero attached hydrogens (tertiary/aromatic N) is 2. The van der Waals surface area contributed by atoms with Crippen LogP contribution in [0.4, 0.5) is 0 Å². The first-order chi connectivity index (χ1) is 5.57. The number of hydrogen-bond acceptors (Lipinski definition) is 3. The Morgan fingerprint density at radius 2 is 2.33 bits per heavy atom. The fraction of sp³-hybridized carbons (Fsp3) is 0.429. The number of carbonyl (C=O) groups excluding carboxylic acids is 1. The van der Waals surface area contributed by atoms with E-state index < -0.39 is 0 Å². The van der Waals surface area contributed by atoms with Crippen LogP contribution in [0.1, 0.15) is 16.1 Å². The summed E-state index contributed by atoms with van der Waals surface area (Å²) in [5.74, 6) is -0.175. The molecule has 0 radical (unpaired) electrons. The van der Waals surface area contributed by atoms with Crippen LogP contribution >= 0.6 is 11.6 Å². The van der Waals surface area contributed by atoms with Crippen LogP contribution in [0.25, 0.3) is 0 Å². The van der Waals surface area contributed by atoms with Crippen LogP contribution < -0.4 is 5.73 Å². The van der Waals surface area contributed by atoms with Crippen LogP contribution in [0.2, 0.25) is 5.15 Å². The van der Waals surface area contributed by atoms with Crippen LogP contribution in [0.3, 0.4) is 0 Å². The molecule has 0 aliphatic rings. The van der Waals surface area contributed by atoms with Gasteiger partial charge in [0.2, 0.25) is 0 Å². The van der Waals surface area contributed by atoms with Gasteiger partial charge < -0.3 is 5.73 Å². The average molecular weight is 188 g/mol. The van der Waals surface area contributed by atoms with Crippen molar-refractivity contribution in [2.45, 2.75) is 6.92 Å². The fourth-order valence-electron chi connectivity index (χ4n) is 1.05. The standard InChI is InChI=1S/C7H10ClN3O/c1-4-6(5(12)3-9)7(8)11(2)10-4/h3,9H2,1-2H3. The van der Waals surface area contributed by atoms with Crippen LogP contribution in [-0.4, -0.2) is 22.1 Å². The van der Waals surface area contributed by atoms with Crippen molar-refractivity contribution in [2.75, 3.05) is 6.54 Å². The predicted molar refractivity (Wildman–Crippen MR) is 46.3 cm³/mol. The van der Waals surface area contributed by atoms with E-state index in [2.05, 4.69) is 5.10 Å². The molecule has 0 bridgehead atoms. The first kappa shape index (κ1) is 9.22. The molecule has 5 heteroatoms. The predicted octanol–water partition coefficient (Wildman–Crippen LogP) is 0.523. The molecule has 12 heavy (non-hydrogen) atoms.